The Labute approximate surface area is 186 Å². The standard InChI is InChI=1S/C20H20ClN5O2S2/c1-26-16-5-2-12(18(28)22-6-8-29-9-7-27)10-15(16)23-19(26)25-20-24-14-4-3-13(21)11-17(14)30-20/h2-5,10-11,27H,6-9H2,1H3,(H,22,28)(H,23,24,25). The van der Waals surface area contributed by atoms with Gasteiger partial charge in [0.15, 0.2) is 5.13 Å². The molecule has 0 atom stereocenters. The molecule has 0 aliphatic rings. The van der Waals surface area contributed by atoms with Crippen LogP contribution in [0.1, 0.15) is 10.4 Å². The maximum absolute atomic E-state index is 12.4. The van der Waals surface area contributed by atoms with E-state index >= 15 is 0 Å². The van der Waals surface area contributed by atoms with Crippen molar-refractivity contribution in [3.05, 3.63) is 47.0 Å². The Balaban J connectivity index is 1.50. The number of hydrogen-bond donors (Lipinski definition) is 3. The minimum absolute atomic E-state index is 0.135. The zero-order chi connectivity index (χ0) is 21.1. The summed E-state index contributed by atoms with van der Waals surface area (Å²) in [5, 5.41) is 16.4. The molecule has 30 heavy (non-hydrogen) atoms. The number of nitrogens with one attached hydrogen (secondary N) is 2. The number of benzene rings is 2. The average molecular weight is 462 g/mol. The quantitative estimate of drug-likeness (QED) is 0.343. The SMILES string of the molecule is Cn1c(Nc2nc3ccc(Cl)cc3s2)nc2cc(C(=O)NCCSCCO)ccc21. The minimum atomic E-state index is -0.135. The molecular weight excluding hydrogens is 442 g/mol. The van der Waals surface area contributed by atoms with E-state index in [9.17, 15) is 4.79 Å². The van der Waals surface area contributed by atoms with Crippen LogP contribution in [0.4, 0.5) is 11.1 Å². The van der Waals surface area contributed by atoms with Gasteiger partial charge in [0.05, 0.1) is 27.9 Å². The highest BCUT2D eigenvalue weighted by molar-refractivity contribution is 7.99. The number of aliphatic hydroxyl groups excluding tert-OH is 1. The van der Waals surface area contributed by atoms with Gasteiger partial charge < -0.3 is 20.3 Å². The summed E-state index contributed by atoms with van der Waals surface area (Å²) in [5.74, 6) is 1.95. The summed E-state index contributed by atoms with van der Waals surface area (Å²) in [4.78, 5) is 21.6. The van der Waals surface area contributed by atoms with Gasteiger partial charge in [-0.1, -0.05) is 22.9 Å². The molecule has 0 bridgehead atoms. The van der Waals surface area contributed by atoms with E-state index in [0.717, 1.165) is 32.1 Å². The molecule has 3 N–H and O–H groups in total. The van der Waals surface area contributed by atoms with Crippen LogP contribution >= 0.6 is 34.7 Å². The predicted molar refractivity (Wildman–Crippen MR) is 125 cm³/mol. The number of fused-ring (bicyclic) bond motifs is 2. The van der Waals surface area contributed by atoms with Crippen LogP contribution in [-0.4, -0.2) is 50.2 Å². The maximum atomic E-state index is 12.4. The Hall–Kier alpha value is -2.33. The molecule has 0 spiro atoms. The van der Waals surface area contributed by atoms with Crippen LogP contribution < -0.4 is 10.6 Å². The molecule has 156 valence electrons. The highest BCUT2D eigenvalue weighted by Gasteiger charge is 2.13. The number of thiazole rings is 1. The number of thioether (sulfide) groups is 1. The number of rotatable bonds is 8. The van der Waals surface area contributed by atoms with Gasteiger partial charge in [0.2, 0.25) is 5.95 Å². The number of aromatic nitrogens is 3. The first kappa shape index (κ1) is 20.9. The van der Waals surface area contributed by atoms with Crippen LogP contribution in [0.2, 0.25) is 5.02 Å². The number of carbonyl (C=O) groups is 1. The first-order valence-corrected chi connectivity index (χ1v) is 11.7. The third kappa shape index (κ3) is 4.54. The average Bonchev–Trinajstić information content (AvgIpc) is 3.27. The summed E-state index contributed by atoms with van der Waals surface area (Å²) >= 11 is 9.17. The topological polar surface area (TPSA) is 92.1 Å². The second-order valence-electron chi connectivity index (χ2n) is 6.55. The van der Waals surface area contributed by atoms with Crippen LogP contribution in [-0.2, 0) is 7.05 Å². The maximum Gasteiger partial charge on any atom is 0.251 e. The molecule has 0 aliphatic heterocycles. The molecule has 0 saturated carbocycles. The summed E-state index contributed by atoms with van der Waals surface area (Å²) in [6.07, 6.45) is 0. The smallest absolute Gasteiger partial charge is 0.251 e. The molecule has 2 heterocycles. The first-order chi connectivity index (χ1) is 14.5. The van der Waals surface area contributed by atoms with E-state index in [1.165, 1.54) is 11.3 Å². The summed E-state index contributed by atoms with van der Waals surface area (Å²) in [7, 11) is 1.92. The van der Waals surface area contributed by atoms with Crippen molar-refractivity contribution >= 4 is 72.9 Å². The second kappa shape index (κ2) is 9.22. The summed E-state index contributed by atoms with van der Waals surface area (Å²) in [5.41, 5.74) is 3.08. The van der Waals surface area contributed by atoms with E-state index in [4.69, 9.17) is 16.7 Å². The number of carbonyl (C=O) groups excluding carboxylic acids is 1. The lowest BCUT2D eigenvalue weighted by atomic mass is 10.2. The molecule has 0 unspecified atom stereocenters. The number of imidazole rings is 1. The third-order valence-corrected chi connectivity index (χ3v) is 6.61. The molecule has 2 aromatic carbocycles. The van der Waals surface area contributed by atoms with Gasteiger partial charge >= 0.3 is 0 Å². The number of hydrogen-bond acceptors (Lipinski definition) is 7. The van der Waals surface area contributed by atoms with Gasteiger partial charge in [-0.25, -0.2) is 9.97 Å². The fourth-order valence-corrected chi connectivity index (χ4v) is 4.72. The molecule has 4 rings (SSSR count). The van der Waals surface area contributed by atoms with Crippen molar-refractivity contribution in [2.24, 2.45) is 7.05 Å². The first-order valence-electron chi connectivity index (χ1n) is 9.31. The van der Waals surface area contributed by atoms with Gasteiger partial charge in [-0.05, 0) is 36.4 Å². The van der Waals surface area contributed by atoms with Crippen LogP contribution in [0.5, 0.6) is 0 Å². The van der Waals surface area contributed by atoms with Crippen molar-refractivity contribution in [1.82, 2.24) is 19.9 Å². The number of nitrogens with zero attached hydrogens (tertiary/aromatic N) is 3. The highest BCUT2D eigenvalue weighted by atomic mass is 35.5. The number of aliphatic hydroxyl groups is 1. The fraction of sp³-hybridized carbons (Fsp3) is 0.250. The van der Waals surface area contributed by atoms with Gasteiger partial charge in [0, 0.05) is 35.7 Å². The zero-order valence-corrected chi connectivity index (χ0v) is 18.6. The zero-order valence-electron chi connectivity index (χ0n) is 16.2. The summed E-state index contributed by atoms with van der Waals surface area (Å²) < 4.78 is 2.93. The molecule has 1 amide bonds. The van der Waals surface area contributed by atoms with Crippen molar-refractivity contribution in [3.63, 3.8) is 0 Å². The molecule has 0 radical (unpaired) electrons. The van der Waals surface area contributed by atoms with Crippen molar-refractivity contribution in [1.29, 1.82) is 0 Å². The van der Waals surface area contributed by atoms with Gasteiger partial charge in [-0.15, -0.1) is 0 Å². The lowest BCUT2D eigenvalue weighted by molar-refractivity contribution is 0.0956. The third-order valence-electron chi connectivity index (χ3n) is 4.48. The molecule has 0 fully saturated rings. The molecule has 0 saturated heterocycles. The Bertz CT molecular complexity index is 1210. The van der Waals surface area contributed by atoms with Crippen LogP contribution in [0.3, 0.4) is 0 Å². The summed E-state index contributed by atoms with van der Waals surface area (Å²) in [6, 6.07) is 11.1. The number of amides is 1. The van der Waals surface area contributed by atoms with E-state index in [1.54, 1.807) is 23.9 Å². The van der Waals surface area contributed by atoms with Gasteiger partial charge in [0.25, 0.3) is 5.91 Å². The van der Waals surface area contributed by atoms with Crippen LogP contribution in [0.15, 0.2) is 36.4 Å². The lowest BCUT2D eigenvalue weighted by Crippen LogP contribution is -2.25. The Morgan fingerprint density at radius 2 is 2.07 bits per heavy atom. The molecule has 0 aliphatic carbocycles. The lowest BCUT2D eigenvalue weighted by Gasteiger charge is -2.05. The number of halogens is 1. The Morgan fingerprint density at radius 1 is 1.20 bits per heavy atom. The van der Waals surface area contributed by atoms with E-state index in [0.29, 0.717) is 28.8 Å². The molecule has 7 nitrogen and oxygen atoms in total. The van der Waals surface area contributed by atoms with Gasteiger partial charge in [-0.2, -0.15) is 11.8 Å². The van der Waals surface area contributed by atoms with E-state index < -0.39 is 0 Å². The van der Waals surface area contributed by atoms with Crippen molar-refractivity contribution < 1.29 is 9.90 Å². The Kier molecular flexibility index (Phi) is 6.43. The van der Waals surface area contributed by atoms with Crippen molar-refractivity contribution in [2.45, 2.75) is 0 Å². The van der Waals surface area contributed by atoms with Crippen molar-refractivity contribution in [3.8, 4) is 0 Å². The molecule has 10 heteroatoms. The van der Waals surface area contributed by atoms with E-state index in [2.05, 4.69) is 20.6 Å². The second-order valence-corrected chi connectivity index (χ2v) is 9.24. The molecule has 2 aromatic heterocycles. The largest absolute Gasteiger partial charge is 0.396 e. The Morgan fingerprint density at radius 3 is 2.90 bits per heavy atom. The highest BCUT2D eigenvalue weighted by Crippen LogP contribution is 2.31. The summed E-state index contributed by atoms with van der Waals surface area (Å²) in [6.45, 7) is 0.703. The normalized spacial score (nSPS) is 11.3. The monoisotopic (exact) mass is 461 g/mol. The molecular formula is C20H20ClN5O2S2. The van der Waals surface area contributed by atoms with E-state index in [-0.39, 0.29) is 12.5 Å². The fourth-order valence-electron chi connectivity index (χ4n) is 3.01. The van der Waals surface area contributed by atoms with Crippen molar-refractivity contribution in [2.75, 3.05) is 30.0 Å². The van der Waals surface area contributed by atoms with E-state index in [1.807, 2.05) is 35.9 Å². The number of aryl methyl sites for hydroxylation is 1. The predicted octanol–water partition coefficient (Wildman–Crippen LogP) is 4.04. The number of anilines is 2. The van der Waals surface area contributed by atoms with Crippen LogP contribution in [0, 0.1) is 0 Å². The van der Waals surface area contributed by atoms with Gasteiger partial charge in [-0.3, -0.25) is 4.79 Å². The minimum Gasteiger partial charge on any atom is -0.396 e. The van der Waals surface area contributed by atoms with Gasteiger partial charge in [0.1, 0.15) is 0 Å². The molecule has 4 aromatic rings. The van der Waals surface area contributed by atoms with Crippen LogP contribution in [0.25, 0.3) is 21.3 Å².